The SMILES string of the molecule is COc1ccc2cc(C(C)C(=O)NS(=O)(=O)c3cccnc3)ccc2c1. The van der Waals surface area contributed by atoms with Crippen molar-refractivity contribution >= 4 is 26.7 Å². The number of benzene rings is 2. The Morgan fingerprint density at radius 2 is 1.85 bits per heavy atom. The minimum absolute atomic E-state index is 0.0499. The Labute approximate surface area is 151 Å². The Morgan fingerprint density at radius 1 is 1.12 bits per heavy atom. The summed E-state index contributed by atoms with van der Waals surface area (Å²) in [5.41, 5.74) is 0.724. The van der Waals surface area contributed by atoms with E-state index in [1.165, 1.54) is 24.5 Å². The van der Waals surface area contributed by atoms with E-state index in [9.17, 15) is 13.2 Å². The Balaban J connectivity index is 1.83. The van der Waals surface area contributed by atoms with Gasteiger partial charge in [0.25, 0.3) is 10.0 Å². The molecule has 26 heavy (non-hydrogen) atoms. The maximum atomic E-state index is 12.4. The van der Waals surface area contributed by atoms with E-state index >= 15 is 0 Å². The van der Waals surface area contributed by atoms with Crippen LogP contribution in [0.3, 0.4) is 0 Å². The van der Waals surface area contributed by atoms with Crippen LogP contribution in [0, 0.1) is 0 Å². The summed E-state index contributed by atoms with van der Waals surface area (Å²) in [6.07, 6.45) is 2.66. The van der Waals surface area contributed by atoms with E-state index < -0.39 is 21.8 Å². The summed E-state index contributed by atoms with van der Waals surface area (Å²) in [4.78, 5) is 16.2. The third kappa shape index (κ3) is 3.67. The van der Waals surface area contributed by atoms with Gasteiger partial charge in [-0.05, 0) is 47.5 Å². The topological polar surface area (TPSA) is 85.4 Å². The maximum absolute atomic E-state index is 12.4. The summed E-state index contributed by atoms with van der Waals surface area (Å²) >= 11 is 0. The number of rotatable bonds is 5. The number of carbonyl (C=O) groups is 1. The second kappa shape index (κ2) is 7.13. The molecular formula is C19H18N2O4S. The number of fused-ring (bicyclic) bond motifs is 1. The van der Waals surface area contributed by atoms with Crippen molar-refractivity contribution in [1.29, 1.82) is 0 Å². The molecule has 3 rings (SSSR count). The van der Waals surface area contributed by atoms with E-state index in [2.05, 4.69) is 9.71 Å². The zero-order chi connectivity index (χ0) is 18.7. The van der Waals surface area contributed by atoms with E-state index in [1.54, 1.807) is 14.0 Å². The molecule has 134 valence electrons. The van der Waals surface area contributed by atoms with Crippen molar-refractivity contribution in [1.82, 2.24) is 9.71 Å². The molecule has 1 atom stereocenters. The summed E-state index contributed by atoms with van der Waals surface area (Å²) in [6, 6.07) is 14.1. The van der Waals surface area contributed by atoms with Gasteiger partial charge in [0.2, 0.25) is 5.91 Å². The highest BCUT2D eigenvalue weighted by Crippen LogP contribution is 2.25. The molecule has 3 aromatic rings. The number of hydrogen-bond donors (Lipinski definition) is 1. The van der Waals surface area contributed by atoms with Crippen molar-refractivity contribution in [2.75, 3.05) is 7.11 Å². The number of methoxy groups -OCH3 is 1. The van der Waals surface area contributed by atoms with Crippen LogP contribution >= 0.6 is 0 Å². The molecule has 0 saturated carbocycles. The summed E-state index contributed by atoms with van der Waals surface area (Å²) in [5.74, 6) is -0.478. The number of nitrogens with one attached hydrogen (secondary N) is 1. The first kappa shape index (κ1) is 17.9. The van der Waals surface area contributed by atoms with Crippen LogP contribution in [0.5, 0.6) is 5.75 Å². The summed E-state index contributed by atoms with van der Waals surface area (Å²) in [5, 5.41) is 1.92. The van der Waals surface area contributed by atoms with Crippen LogP contribution in [-0.4, -0.2) is 26.4 Å². The summed E-state index contributed by atoms with van der Waals surface area (Å²) in [6.45, 7) is 1.67. The van der Waals surface area contributed by atoms with Crippen LogP contribution in [0.2, 0.25) is 0 Å². The molecule has 1 amide bonds. The first-order chi connectivity index (χ1) is 12.4. The minimum Gasteiger partial charge on any atom is -0.497 e. The van der Waals surface area contributed by atoms with Gasteiger partial charge in [-0.3, -0.25) is 9.78 Å². The van der Waals surface area contributed by atoms with Crippen LogP contribution in [0.4, 0.5) is 0 Å². The average Bonchev–Trinajstić information content (AvgIpc) is 2.66. The lowest BCUT2D eigenvalue weighted by Gasteiger charge is -2.14. The number of aromatic nitrogens is 1. The number of carbonyl (C=O) groups excluding carboxylic acids is 1. The van der Waals surface area contributed by atoms with E-state index in [-0.39, 0.29) is 4.90 Å². The zero-order valence-electron chi connectivity index (χ0n) is 14.3. The maximum Gasteiger partial charge on any atom is 0.265 e. The molecule has 1 unspecified atom stereocenters. The molecule has 1 aromatic heterocycles. The van der Waals surface area contributed by atoms with Crippen molar-refractivity contribution in [2.45, 2.75) is 17.7 Å². The summed E-state index contributed by atoms with van der Waals surface area (Å²) in [7, 11) is -2.34. The largest absolute Gasteiger partial charge is 0.497 e. The van der Waals surface area contributed by atoms with E-state index in [0.717, 1.165) is 22.1 Å². The van der Waals surface area contributed by atoms with Gasteiger partial charge in [-0.15, -0.1) is 0 Å². The lowest BCUT2D eigenvalue weighted by Crippen LogP contribution is -2.33. The number of hydrogen-bond acceptors (Lipinski definition) is 5. The van der Waals surface area contributed by atoms with Gasteiger partial charge < -0.3 is 4.74 Å². The van der Waals surface area contributed by atoms with Gasteiger partial charge in [-0.25, -0.2) is 13.1 Å². The smallest absolute Gasteiger partial charge is 0.265 e. The summed E-state index contributed by atoms with van der Waals surface area (Å²) < 4.78 is 31.9. The third-order valence-corrected chi connectivity index (χ3v) is 5.48. The quantitative estimate of drug-likeness (QED) is 0.746. The highest BCUT2D eigenvalue weighted by Gasteiger charge is 2.23. The normalized spacial score (nSPS) is 12.5. The second-order valence-corrected chi connectivity index (χ2v) is 7.54. The van der Waals surface area contributed by atoms with Crippen molar-refractivity contribution in [3.05, 3.63) is 66.5 Å². The molecule has 0 bridgehead atoms. The predicted molar refractivity (Wildman–Crippen MR) is 98.5 cm³/mol. The molecule has 0 saturated heterocycles. The van der Waals surface area contributed by atoms with Crippen LogP contribution in [0.1, 0.15) is 18.4 Å². The fraction of sp³-hybridized carbons (Fsp3) is 0.158. The van der Waals surface area contributed by atoms with Crippen molar-refractivity contribution < 1.29 is 17.9 Å². The molecule has 0 aliphatic rings. The fourth-order valence-corrected chi connectivity index (χ4v) is 3.59. The van der Waals surface area contributed by atoms with E-state index in [0.29, 0.717) is 0 Å². The molecular weight excluding hydrogens is 352 g/mol. The zero-order valence-corrected chi connectivity index (χ0v) is 15.2. The number of nitrogens with zero attached hydrogens (tertiary/aromatic N) is 1. The van der Waals surface area contributed by atoms with Gasteiger partial charge in [-0.2, -0.15) is 0 Å². The number of ether oxygens (including phenoxy) is 1. The Morgan fingerprint density at radius 3 is 2.54 bits per heavy atom. The molecule has 0 aliphatic carbocycles. The number of amides is 1. The molecule has 0 radical (unpaired) electrons. The van der Waals surface area contributed by atoms with Crippen LogP contribution in [0.15, 0.2) is 65.8 Å². The monoisotopic (exact) mass is 370 g/mol. The van der Waals surface area contributed by atoms with Gasteiger partial charge in [0.15, 0.2) is 0 Å². The molecule has 0 spiro atoms. The first-order valence-corrected chi connectivity index (χ1v) is 9.43. The molecule has 2 aromatic carbocycles. The fourth-order valence-electron chi connectivity index (χ4n) is 2.58. The van der Waals surface area contributed by atoms with Crippen LogP contribution < -0.4 is 9.46 Å². The Hall–Kier alpha value is -2.93. The minimum atomic E-state index is -3.94. The first-order valence-electron chi connectivity index (χ1n) is 7.95. The molecule has 0 aliphatic heterocycles. The van der Waals surface area contributed by atoms with E-state index in [1.807, 2.05) is 36.4 Å². The third-order valence-electron chi connectivity index (χ3n) is 4.14. The van der Waals surface area contributed by atoms with Gasteiger partial charge >= 0.3 is 0 Å². The molecule has 0 fully saturated rings. The van der Waals surface area contributed by atoms with Crippen molar-refractivity contribution in [2.24, 2.45) is 0 Å². The molecule has 1 heterocycles. The molecule has 1 N–H and O–H groups in total. The second-order valence-electron chi connectivity index (χ2n) is 5.85. The van der Waals surface area contributed by atoms with Gasteiger partial charge in [0.1, 0.15) is 10.6 Å². The molecule has 6 nitrogen and oxygen atoms in total. The Kier molecular flexibility index (Phi) is 4.90. The van der Waals surface area contributed by atoms with Gasteiger partial charge in [0.05, 0.1) is 13.0 Å². The number of pyridine rings is 1. The highest BCUT2D eigenvalue weighted by molar-refractivity contribution is 7.90. The Bertz CT molecular complexity index is 1050. The van der Waals surface area contributed by atoms with E-state index in [4.69, 9.17) is 4.74 Å². The average molecular weight is 370 g/mol. The molecule has 7 heteroatoms. The lowest BCUT2D eigenvalue weighted by molar-refractivity contribution is -0.120. The predicted octanol–water partition coefficient (Wildman–Crippen LogP) is 2.85. The van der Waals surface area contributed by atoms with Gasteiger partial charge in [-0.1, -0.05) is 24.3 Å². The lowest BCUT2D eigenvalue weighted by atomic mass is 9.97. The standard InChI is InChI=1S/C19H18N2O4S/c1-13(19(22)21-26(23,24)18-4-3-9-20-12-18)14-5-6-16-11-17(25-2)8-7-15(16)10-14/h3-13H,1-2H3,(H,21,22). The number of sulfonamides is 1. The van der Waals surface area contributed by atoms with Gasteiger partial charge in [0, 0.05) is 12.4 Å². The van der Waals surface area contributed by atoms with Crippen LogP contribution in [0.25, 0.3) is 10.8 Å². The van der Waals surface area contributed by atoms with Crippen LogP contribution in [-0.2, 0) is 14.8 Å². The highest BCUT2D eigenvalue weighted by atomic mass is 32.2. The van der Waals surface area contributed by atoms with Crippen molar-refractivity contribution in [3.8, 4) is 5.75 Å². The van der Waals surface area contributed by atoms with Crippen molar-refractivity contribution in [3.63, 3.8) is 0 Å².